The predicted molar refractivity (Wildman–Crippen MR) is 59.0 cm³/mol. The van der Waals surface area contributed by atoms with Gasteiger partial charge < -0.3 is 11.5 Å². The first-order valence-electron chi connectivity index (χ1n) is 3.72. The van der Waals surface area contributed by atoms with Crippen LogP contribution < -0.4 is 11.5 Å². The lowest BCUT2D eigenvalue weighted by Gasteiger charge is -2.04. The zero-order chi connectivity index (χ0) is 10.7. The monoisotopic (exact) mass is 276 g/mol. The highest BCUT2D eigenvalue weighted by atomic mass is 79.9. The van der Waals surface area contributed by atoms with Gasteiger partial charge in [0.1, 0.15) is 5.75 Å². The van der Waals surface area contributed by atoms with Gasteiger partial charge in [-0.05, 0) is 18.2 Å². The molecule has 1 atom stereocenters. The average Bonchev–Trinajstić information content (AvgIpc) is 2.01. The van der Waals surface area contributed by atoms with Crippen LogP contribution in [0.15, 0.2) is 27.6 Å². The van der Waals surface area contributed by atoms with E-state index in [1.54, 1.807) is 18.2 Å². The van der Waals surface area contributed by atoms with Gasteiger partial charge >= 0.3 is 0 Å². The summed E-state index contributed by atoms with van der Waals surface area (Å²) in [5.41, 5.74) is 10.9. The minimum Gasteiger partial charge on any atom is -0.398 e. The van der Waals surface area contributed by atoms with E-state index in [4.69, 9.17) is 11.5 Å². The average molecular weight is 277 g/mol. The van der Waals surface area contributed by atoms with Gasteiger partial charge in [-0.1, -0.05) is 15.9 Å². The first-order chi connectivity index (χ1) is 6.50. The smallest absolute Gasteiger partial charge is 0.230 e. The molecule has 1 unspecified atom stereocenters. The van der Waals surface area contributed by atoms with Crippen LogP contribution >= 0.6 is 15.9 Å². The molecule has 0 bridgehead atoms. The number of hydrogen-bond donors (Lipinski definition) is 2. The number of carbonyl (C=O) groups excluding carboxylic acids is 1. The van der Waals surface area contributed by atoms with Gasteiger partial charge in [0.2, 0.25) is 5.91 Å². The Morgan fingerprint density at radius 3 is 2.64 bits per heavy atom. The number of rotatable bonds is 3. The van der Waals surface area contributed by atoms with Gasteiger partial charge in [0, 0.05) is 10.2 Å². The Kier molecular flexibility index (Phi) is 3.65. The number of nitrogen functional groups attached to an aromatic ring is 1. The lowest BCUT2D eigenvalue weighted by atomic mass is 10.3. The maximum Gasteiger partial charge on any atom is 0.230 e. The van der Waals surface area contributed by atoms with Crippen molar-refractivity contribution in [3.8, 4) is 0 Å². The number of carbonyl (C=O) groups is 1. The molecule has 0 saturated carbocycles. The highest BCUT2D eigenvalue weighted by molar-refractivity contribution is 9.10. The normalized spacial score (nSPS) is 12.4. The summed E-state index contributed by atoms with van der Waals surface area (Å²) < 4.78 is 12.3. The van der Waals surface area contributed by atoms with E-state index in [9.17, 15) is 9.00 Å². The van der Waals surface area contributed by atoms with E-state index in [0.29, 0.717) is 10.6 Å². The van der Waals surface area contributed by atoms with Crippen molar-refractivity contribution in [2.75, 3.05) is 11.5 Å². The summed E-state index contributed by atoms with van der Waals surface area (Å²) >= 11 is 3.23. The molecule has 1 aromatic rings. The van der Waals surface area contributed by atoms with Crippen molar-refractivity contribution in [2.24, 2.45) is 5.73 Å². The molecule has 0 radical (unpaired) electrons. The van der Waals surface area contributed by atoms with Gasteiger partial charge in [-0.2, -0.15) is 0 Å². The van der Waals surface area contributed by atoms with Crippen LogP contribution in [0.2, 0.25) is 0 Å². The molecule has 76 valence electrons. The molecule has 1 amide bonds. The van der Waals surface area contributed by atoms with Crippen molar-refractivity contribution in [1.29, 1.82) is 0 Å². The molecule has 14 heavy (non-hydrogen) atoms. The van der Waals surface area contributed by atoms with Crippen LogP contribution in [0.1, 0.15) is 0 Å². The lowest BCUT2D eigenvalue weighted by molar-refractivity contribution is -0.115. The number of amides is 1. The van der Waals surface area contributed by atoms with Crippen molar-refractivity contribution in [2.45, 2.75) is 4.90 Å². The van der Waals surface area contributed by atoms with E-state index >= 15 is 0 Å². The zero-order valence-corrected chi connectivity index (χ0v) is 9.60. The zero-order valence-electron chi connectivity index (χ0n) is 7.20. The Morgan fingerprint density at radius 2 is 2.14 bits per heavy atom. The van der Waals surface area contributed by atoms with Crippen molar-refractivity contribution in [3.05, 3.63) is 22.7 Å². The highest BCUT2D eigenvalue weighted by Gasteiger charge is 2.10. The van der Waals surface area contributed by atoms with Crippen LogP contribution in [0.4, 0.5) is 5.69 Å². The molecule has 0 aliphatic carbocycles. The van der Waals surface area contributed by atoms with Crippen molar-refractivity contribution >= 4 is 38.3 Å². The third kappa shape index (κ3) is 2.81. The first kappa shape index (κ1) is 11.2. The summed E-state index contributed by atoms with van der Waals surface area (Å²) in [4.78, 5) is 11.0. The summed E-state index contributed by atoms with van der Waals surface area (Å²) in [6.07, 6.45) is 0. The van der Waals surface area contributed by atoms with Gasteiger partial charge in [0.15, 0.2) is 0 Å². The van der Waals surface area contributed by atoms with E-state index in [-0.39, 0.29) is 5.75 Å². The molecule has 0 spiro atoms. The van der Waals surface area contributed by atoms with Crippen LogP contribution in [0, 0.1) is 0 Å². The Bertz CT molecular complexity index is 395. The van der Waals surface area contributed by atoms with E-state index in [2.05, 4.69) is 15.9 Å². The molecule has 0 aromatic heterocycles. The second kappa shape index (κ2) is 4.56. The minimum absolute atomic E-state index is 0.203. The summed E-state index contributed by atoms with van der Waals surface area (Å²) in [6, 6.07) is 4.96. The number of primary amides is 1. The Hall–Kier alpha value is -0.880. The standard InChI is InChI=1S/C8H9BrN2O2S/c9-5-1-2-7(6(10)3-5)14(13)4-8(11)12/h1-3H,4,10H2,(H2,11,12). The molecule has 0 heterocycles. The molecule has 0 aliphatic rings. The number of nitrogens with two attached hydrogens (primary N) is 2. The number of hydrogen-bond acceptors (Lipinski definition) is 3. The summed E-state index contributed by atoms with van der Waals surface area (Å²) in [5.74, 6) is -0.808. The third-order valence-corrected chi connectivity index (χ3v) is 3.39. The van der Waals surface area contributed by atoms with Gasteiger partial charge in [0.25, 0.3) is 0 Å². The van der Waals surface area contributed by atoms with Gasteiger partial charge in [0.05, 0.1) is 15.7 Å². The van der Waals surface area contributed by atoms with Crippen LogP contribution in [-0.2, 0) is 15.6 Å². The number of benzene rings is 1. The Labute approximate surface area is 92.2 Å². The summed E-state index contributed by atoms with van der Waals surface area (Å²) in [6.45, 7) is 0. The Morgan fingerprint density at radius 1 is 1.50 bits per heavy atom. The Balaban J connectivity index is 2.96. The molecule has 4 nitrogen and oxygen atoms in total. The summed E-state index contributed by atoms with van der Waals surface area (Å²) in [7, 11) is -1.45. The molecule has 1 aromatic carbocycles. The maximum atomic E-state index is 11.5. The second-order valence-corrected chi connectivity index (χ2v) is 4.97. The van der Waals surface area contributed by atoms with Gasteiger partial charge in [-0.15, -0.1) is 0 Å². The predicted octanol–water partition coefficient (Wildman–Crippen LogP) is 0.624. The molecule has 0 fully saturated rings. The third-order valence-electron chi connectivity index (χ3n) is 1.49. The largest absolute Gasteiger partial charge is 0.398 e. The topological polar surface area (TPSA) is 86.2 Å². The van der Waals surface area contributed by atoms with Crippen molar-refractivity contribution in [3.63, 3.8) is 0 Å². The molecular formula is C8H9BrN2O2S. The SMILES string of the molecule is NC(=O)CS(=O)c1ccc(Br)cc1N. The first-order valence-corrected chi connectivity index (χ1v) is 5.83. The fourth-order valence-corrected chi connectivity index (χ4v) is 2.27. The quantitative estimate of drug-likeness (QED) is 0.794. The second-order valence-electron chi connectivity index (χ2n) is 2.64. The summed E-state index contributed by atoms with van der Waals surface area (Å²) in [5, 5.41) is 0. The van der Waals surface area contributed by atoms with Gasteiger partial charge in [-0.25, -0.2) is 0 Å². The molecule has 0 aliphatic heterocycles. The number of anilines is 1. The number of halogens is 1. The van der Waals surface area contributed by atoms with Gasteiger partial charge in [-0.3, -0.25) is 9.00 Å². The highest BCUT2D eigenvalue weighted by Crippen LogP contribution is 2.21. The van der Waals surface area contributed by atoms with Crippen LogP contribution in [-0.4, -0.2) is 15.9 Å². The minimum atomic E-state index is -1.45. The van der Waals surface area contributed by atoms with Crippen molar-refractivity contribution in [1.82, 2.24) is 0 Å². The molecular weight excluding hydrogens is 268 g/mol. The van der Waals surface area contributed by atoms with Crippen LogP contribution in [0.3, 0.4) is 0 Å². The fourth-order valence-electron chi connectivity index (χ4n) is 0.934. The molecule has 6 heteroatoms. The van der Waals surface area contributed by atoms with E-state index < -0.39 is 16.7 Å². The van der Waals surface area contributed by atoms with E-state index in [1.807, 2.05) is 0 Å². The van der Waals surface area contributed by atoms with E-state index in [1.165, 1.54) is 0 Å². The molecule has 4 N–H and O–H groups in total. The van der Waals surface area contributed by atoms with Crippen molar-refractivity contribution < 1.29 is 9.00 Å². The van der Waals surface area contributed by atoms with E-state index in [0.717, 1.165) is 4.47 Å². The van der Waals surface area contributed by atoms with Crippen LogP contribution in [0.5, 0.6) is 0 Å². The maximum absolute atomic E-state index is 11.5. The molecule has 1 rings (SSSR count). The fraction of sp³-hybridized carbons (Fsp3) is 0.125. The molecule has 0 saturated heterocycles. The van der Waals surface area contributed by atoms with Crippen LogP contribution in [0.25, 0.3) is 0 Å². The lowest BCUT2D eigenvalue weighted by Crippen LogP contribution is -2.19.